The van der Waals surface area contributed by atoms with Gasteiger partial charge in [0, 0.05) is 6.54 Å². The van der Waals surface area contributed by atoms with Crippen LogP contribution in [0.4, 0.5) is 5.82 Å². The van der Waals surface area contributed by atoms with Crippen LogP contribution in [0.3, 0.4) is 0 Å². The number of aromatic nitrogens is 2. The SMILES string of the molecule is COc1ncnc(NCC2(O)CCCC(C)C2)c1C. The minimum absolute atomic E-state index is 0.526. The Morgan fingerprint density at radius 1 is 1.53 bits per heavy atom. The van der Waals surface area contributed by atoms with Gasteiger partial charge >= 0.3 is 0 Å². The zero-order chi connectivity index (χ0) is 13.9. The first-order valence-electron chi connectivity index (χ1n) is 6.86. The molecule has 2 N–H and O–H groups in total. The number of hydrogen-bond donors (Lipinski definition) is 2. The lowest BCUT2D eigenvalue weighted by Crippen LogP contribution is -2.41. The third kappa shape index (κ3) is 3.35. The van der Waals surface area contributed by atoms with Crippen LogP contribution in [-0.4, -0.2) is 34.3 Å². The van der Waals surface area contributed by atoms with Gasteiger partial charge in [0.25, 0.3) is 0 Å². The van der Waals surface area contributed by atoms with Crippen molar-refractivity contribution in [2.24, 2.45) is 5.92 Å². The van der Waals surface area contributed by atoms with Crippen LogP contribution >= 0.6 is 0 Å². The first kappa shape index (κ1) is 14.1. The third-order valence-electron chi connectivity index (χ3n) is 3.88. The van der Waals surface area contributed by atoms with E-state index in [0.29, 0.717) is 18.3 Å². The van der Waals surface area contributed by atoms with E-state index < -0.39 is 5.60 Å². The second kappa shape index (κ2) is 5.74. The predicted molar refractivity (Wildman–Crippen MR) is 74.4 cm³/mol. The molecule has 0 spiro atoms. The quantitative estimate of drug-likeness (QED) is 0.873. The average Bonchev–Trinajstić information content (AvgIpc) is 2.37. The second-order valence-corrected chi connectivity index (χ2v) is 5.64. The Balaban J connectivity index is 2.02. The van der Waals surface area contributed by atoms with Gasteiger partial charge in [0.2, 0.25) is 5.88 Å². The van der Waals surface area contributed by atoms with Gasteiger partial charge in [0.05, 0.1) is 18.3 Å². The zero-order valence-electron chi connectivity index (χ0n) is 11.9. The molecule has 19 heavy (non-hydrogen) atoms. The van der Waals surface area contributed by atoms with Gasteiger partial charge in [-0.15, -0.1) is 0 Å². The molecule has 1 aromatic rings. The molecule has 2 atom stereocenters. The third-order valence-corrected chi connectivity index (χ3v) is 3.88. The van der Waals surface area contributed by atoms with E-state index >= 15 is 0 Å². The van der Waals surface area contributed by atoms with Crippen molar-refractivity contribution in [3.8, 4) is 5.88 Å². The number of hydrogen-bond acceptors (Lipinski definition) is 5. The molecule has 0 amide bonds. The summed E-state index contributed by atoms with van der Waals surface area (Å²) < 4.78 is 5.17. The summed E-state index contributed by atoms with van der Waals surface area (Å²) in [5.41, 5.74) is 0.250. The lowest BCUT2D eigenvalue weighted by molar-refractivity contribution is -0.000841. The lowest BCUT2D eigenvalue weighted by Gasteiger charge is -2.35. The van der Waals surface area contributed by atoms with Crippen molar-refractivity contribution in [2.45, 2.75) is 45.1 Å². The van der Waals surface area contributed by atoms with Crippen molar-refractivity contribution in [3.05, 3.63) is 11.9 Å². The molecule has 0 aromatic carbocycles. The Morgan fingerprint density at radius 2 is 2.32 bits per heavy atom. The van der Waals surface area contributed by atoms with E-state index in [2.05, 4.69) is 22.2 Å². The van der Waals surface area contributed by atoms with E-state index in [0.717, 1.165) is 30.6 Å². The van der Waals surface area contributed by atoms with Gasteiger partial charge in [-0.1, -0.05) is 19.8 Å². The molecular formula is C14H23N3O2. The fourth-order valence-corrected chi connectivity index (χ4v) is 2.86. The molecule has 2 rings (SSSR count). The average molecular weight is 265 g/mol. The molecular weight excluding hydrogens is 242 g/mol. The molecule has 0 aliphatic heterocycles. The zero-order valence-corrected chi connectivity index (χ0v) is 11.9. The van der Waals surface area contributed by atoms with Gasteiger partial charge < -0.3 is 15.2 Å². The summed E-state index contributed by atoms with van der Waals surface area (Å²) >= 11 is 0. The maximum atomic E-state index is 10.6. The van der Waals surface area contributed by atoms with E-state index in [1.165, 1.54) is 12.7 Å². The second-order valence-electron chi connectivity index (χ2n) is 5.64. The van der Waals surface area contributed by atoms with Crippen LogP contribution in [0.2, 0.25) is 0 Å². The molecule has 1 heterocycles. The normalized spacial score (nSPS) is 27.1. The van der Waals surface area contributed by atoms with Crippen molar-refractivity contribution >= 4 is 5.82 Å². The van der Waals surface area contributed by atoms with E-state index in [4.69, 9.17) is 4.74 Å². The topological polar surface area (TPSA) is 67.3 Å². The number of rotatable bonds is 4. The molecule has 1 aliphatic rings. The molecule has 1 saturated carbocycles. The number of aliphatic hydroxyl groups is 1. The number of anilines is 1. The van der Waals surface area contributed by atoms with Crippen LogP contribution in [0.1, 0.15) is 38.2 Å². The maximum absolute atomic E-state index is 10.6. The number of nitrogens with one attached hydrogen (secondary N) is 1. The Labute approximate surface area is 114 Å². The summed E-state index contributed by atoms with van der Waals surface area (Å²) in [7, 11) is 1.59. The summed E-state index contributed by atoms with van der Waals surface area (Å²) in [4.78, 5) is 8.25. The Hall–Kier alpha value is -1.36. The van der Waals surface area contributed by atoms with E-state index in [1.54, 1.807) is 7.11 Å². The van der Waals surface area contributed by atoms with E-state index in [9.17, 15) is 5.11 Å². The molecule has 0 saturated heterocycles. The molecule has 1 fully saturated rings. The van der Waals surface area contributed by atoms with Gasteiger partial charge in [0.1, 0.15) is 12.1 Å². The highest BCUT2D eigenvalue weighted by Gasteiger charge is 2.32. The summed E-state index contributed by atoms with van der Waals surface area (Å²) in [6.45, 7) is 4.64. The monoisotopic (exact) mass is 265 g/mol. The highest BCUT2D eigenvalue weighted by Crippen LogP contribution is 2.32. The molecule has 5 nitrogen and oxygen atoms in total. The van der Waals surface area contributed by atoms with Crippen molar-refractivity contribution in [3.63, 3.8) is 0 Å². The first-order chi connectivity index (χ1) is 9.04. The van der Waals surface area contributed by atoms with Crippen LogP contribution in [0, 0.1) is 12.8 Å². The van der Waals surface area contributed by atoms with E-state index in [-0.39, 0.29) is 0 Å². The van der Waals surface area contributed by atoms with Gasteiger partial charge in [-0.05, 0) is 25.7 Å². The summed E-state index contributed by atoms with van der Waals surface area (Å²) in [6, 6.07) is 0. The Kier molecular flexibility index (Phi) is 4.24. The fourth-order valence-electron chi connectivity index (χ4n) is 2.86. The van der Waals surface area contributed by atoms with Crippen molar-refractivity contribution in [1.29, 1.82) is 0 Å². The number of ether oxygens (including phenoxy) is 1. The van der Waals surface area contributed by atoms with Crippen LogP contribution in [0.25, 0.3) is 0 Å². The van der Waals surface area contributed by atoms with Crippen LogP contribution in [0.15, 0.2) is 6.33 Å². The first-order valence-corrected chi connectivity index (χ1v) is 6.86. The molecule has 0 bridgehead atoms. The summed E-state index contributed by atoms with van der Waals surface area (Å²) in [6.07, 6.45) is 5.47. The molecule has 2 unspecified atom stereocenters. The molecule has 5 heteroatoms. The Morgan fingerprint density at radius 3 is 3.00 bits per heavy atom. The molecule has 1 aliphatic carbocycles. The van der Waals surface area contributed by atoms with Crippen molar-refractivity contribution < 1.29 is 9.84 Å². The summed E-state index contributed by atoms with van der Waals surface area (Å²) in [5, 5.41) is 13.8. The van der Waals surface area contributed by atoms with Crippen LogP contribution in [0.5, 0.6) is 5.88 Å². The standard InChI is InChI=1S/C14H23N3O2/c1-10-5-4-6-14(18,7-10)8-15-12-11(2)13(19-3)17-9-16-12/h9-10,18H,4-8H2,1-3H3,(H,15,16,17). The number of methoxy groups -OCH3 is 1. The van der Waals surface area contributed by atoms with Crippen molar-refractivity contribution in [1.82, 2.24) is 9.97 Å². The van der Waals surface area contributed by atoms with Gasteiger partial charge in [0.15, 0.2) is 0 Å². The molecule has 0 radical (unpaired) electrons. The molecule has 1 aromatic heterocycles. The molecule has 106 valence electrons. The van der Waals surface area contributed by atoms with Crippen molar-refractivity contribution in [2.75, 3.05) is 19.0 Å². The predicted octanol–water partition coefficient (Wildman–Crippen LogP) is 2.15. The highest BCUT2D eigenvalue weighted by atomic mass is 16.5. The van der Waals surface area contributed by atoms with E-state index in [1.807, 2.05) is 6.92 Å². The lowest BCUT2D eigenvalue weighted by atomic mass is 9.79. The fraction of sp³-hybridized carbons (Fsp3) is 0.714. The van der Waals surface area contributed by atoms with Gasteiger partial charge in [-0.2, -0.15) is 0 Å². The minimum atomic E-state index is -0.623. The smallest absolute Gasteiger partial charge is 0.221 e. The maximum Gasteiger partial charge on any atom is 0.221 e. The van der Waals surface area contributed by atoms with Gasteiger partial charge in [-0.3, -0.25) is 0 Å². The van der Waals surface area contributed by atoms with Crippen LogP contribution < -0.4 is 10.1 Å². The largest absolute Gasteiger partial charge is 0.481 e. The Bertz CT molecular complexity index is 439. The van der Waals surface area contributed by atoms with Gasteiger partial charge in [-0.25, -0.2) is 9.97 Å². The summed E-state index contributed by atoms with van der Waals surface area (Å²) in [5.74, 6) is 1.89. The van der Waals surface area contributed by atoms with Crippen LogP contribution in [-0.2, 0) is 0 Å². The number of nitrogens with zero attached hydrogens (tertiary/aromatic N) is 2. The minimum Gasteiger partial charge on any atom is -0.481 e. The highest BCUT2D eigenvalue weighted by molar-refractivity contribution is 5.47.